The second-order valence-corrected chi connectivity index (χ2v) is 8.22. The third-order valence-corrected chi connectivity index (χ3v) is 6.29. The molecule has 4 nitrogen and oxygen atoms in total. The third-order valence-electron chi connectivity index (χ3n) is 3.44. The molecule has 1 aromatic carbocycles. The van der Waals surface area contributed by atoms with Crippen LogP contribution < -0.4 is 0 Å². The monoisotopic (exact) mass is 332 g/mol. The zero-order valence-electron chi connectivity index (χ0n) is 12.4. The molecule has 0 unspecified atom stereocenters. The minimum atomic E-state index is -3.33. The van der Waals surface area contributed by atoms with Crippen molar-refractivity contribution in [3.05, 3.63) is 64.9 Å². The number of aromatic nitrogens is 2. The summed E-state index contributed by atoms with van der Waals surface area (Å²) in [6.45, 7) is 4.02. The van der Waals surface area contributed by atoms with Gasteiger partial charge < -0.3 is 0 Å². The second-order valence-electron chi connectivity index (χ2n) is 5.13. The molecule has 3 rings (SSSR count). The molecule has 0 aliphatic rings. The first-order valence-electron chi connectivity index (χ1n) is 6.85. The van der Waals surface area contributed by atoms with Crippen molar-refractivity contribution >= 4 is 21.2 Å². The lowest BCUT2D eigenvalue weighted by Gasteiger charge is -2.04. The molecule has 0 fully saturated rings. The lowest BCUT2D eigenvalue weighted by molar-refractivity contribution is 0.595. The number of rotatable bonds is 4. The first-order valence-corrected chi connectivity index (χ1v) is 9.32. The Morgan fingerprint density at radius 1 is 1.05 bits per heavy atom. The van der Waals surface area contributed by atoms with Crippen LogP contribution in [0.15, 0.2) is 53.6 Å². The van der Waals surface area contributed by atoms with Crippen LogP contribution in [-0.2, 0) is 15.6 Å². The van der Waals surface area contributed by atoms with Crippen LogP contribution >= 0.6 is 11.3 Å². The summed E-state index contributed by atoms with van der Waals surface area (Å²) in [5.41, 5.74) is 2.17. The van der Waals surface area contributed by atoms with Gasteiger partial charge in [0.25, 0.3) is 0 Å². The van der Waals surface area contributed by atoms with Gasteiger partial charge in [-0.05, 0) is 38.1 Å². The molecule has 6 heteroatoms. The summed E-state index contributed by atoms with van der Waals surface area (Å²) in [7, 11) is -3.33. The van der Waals surface area contributed by atoms with Crippen molar-refractivity contribution in [1.82, 2.24) is 9.55 Å². The van der Waals surface area contributed by atoms with Crippen molar-refractivity contribution in [1.29, 1.82) is 0 Å². The number of thiazole rings is 1. The maximum absolute atomic E-state index is 12.4. The molecule has 0 bridgehead atoms. The minimum absolute atomic E-state index is 0.0198. The van der Waals surface area contributed by atoms with Crippen LogP contribution in [0.4, 0.5) is 0 Å². The van der Waals surface area contributed by atoms with Crippen molar-refractivity contribution in [2.45, 2.75) is 24.5 Å². The number of sulfone groups is 1. The SMILES string of the molecule is Cc1ccc(C)n1-c1ncc(CS(=O)(=O)c2ccccc2)s1. The van der Waals surface area contributed by atoms with Gasteiger partial charge in [-0.15, -0.1) is 11.3 Å². The van der Waals surface area contributed by atoms with Gasteiger partial charge in [-0.25, -0.2) is 13.4 Å². The van der Waals surface area contributed by atoms with Gasteiger partial charge in [0.15, 0.2) is 15.0 Å². The molecule has 0 aliphatic carbocycles. The second kappa shape index (κ2) is 5.70. The lowest BCUT2D eigenvalue weighted by Crippen LogP contribution is -2.03. The van der Waals surface area contributed by atoms with E-state index in [9.17, 15) is 8.42 Å². The predicted octanol–water partition coefficient (Wildman–Crippen LogP) is 3.52. The van der Waals surface area contributed by atoms with Crippen molar-refractivity contribution in [2.24, 2.45) is 0 Å². The molecule has 0 atom stereocenters. The Kier molecular flexibility index (Phi) is 3.88. The van der Waals surface area contributed by atoms with Crippen molar-refractivity contribution in [3.8, 4) is 5.13 Å². The van der Waals surface area contributed by atoms with Gasteiger partial charge in [0, 0.05) is 22.5 Å². The van der Waals surface area contributed by atoms with Crippen LogP contribution in [0.5, 0.6) is 0 Å². The van der Waals surface area contributed by atoms with E-state index in [0.717, 1.165) is 21.4 Å². The standard InChI is InChI=1S/C16H16N2O2S2/c1-12-8-9-13(2)18(12)16-17-10-14(21-16)11-22(19,20)15-6-4-3-5-7-15/h3-10H,11H2,1-2H3. The third kappa shape index (κ3) is 2.84. The van der Waals surface area contributed by atoms with Gasteiger partial charge in [-0.2, -0.15) is 0 Å². The molecular formula is C16H16N2O2S2. The zero-order valence-corrected chi connectivity index (χ0v) is 14.0. The maximum atomic E-state index is 12.4. The number of nitrogens with zero attached hydrogens (tertiary/aromatic N) is 2. The highest BCUT2D eigenvalue weighted by molar-refractivity contribution is 7.90. The van der Waals surface area contributed by atoms with Crippen LogP contribution in [0.25, 0.3) is 5.13 Å². The molecule has 0 radical (unpaired) electrons. The first-order chi connectivity index (χ1) is 10.5. The molecule has 2 aromatic heterocycles. The summed E-state index contributed by atoms with van der Waals surface area (Å²) in [5, 5.41) is 0.804. The van der Waals surface area contributed by atoms with Crippen molar-refractivity contribution < 1.29 is 8.42 Å². The van der Waals surface area contributed by atoms with Gasteiger partial charge in [0.05, 0.1) is 10.6 Å². The fourth-order valence-electron chi connectivity index (χ4n) is 2.34. The summed E-state index contributed by atoms with van der Waals surface area (Å²) >= 11 is 1.41. The number of aryl methyl sites for hydroxylation is 2. The lowest BCUT2D eigenvalue weighted by atomic mass is 10.4. The quantitative estimate of drug-likeness (QED) is 0.734. The molecule has 0 spiro atoms. The smallest absolute Gasteiger partial charge is 0.194 e. The minimum Gasteiger partial charge on any atom is -0.295 e. The van der Waals surface area contributed by atoms with Crippen LogP contribution in [0, 0.1) is 13.8 Å². The van der Waals surface area contributed by atoms with Crippen molar-refractivity contribution in [2.75, 3.05) is 0 Å². The normalized spacial score (nSPS) is 11.7. The highest BCUT2D eigenvalue weighted by Gasteiger charge is 2.17. The average molecular weight is 332 g/mol. The van der Waals surface area contributed by atoms with Crippen molar-refractivity contribution in [3.63, 3.8) is 0 Å². The van der Waals surface area contributed by atoms with E-state index in [0.29, 0.717) is 4.90 Å². The molecule has 0 aliphatic heterocycles. The van der Waals surface area contributed by atoms with Gasteiger partial charge in [0.2, 0.25) is 0 Å². The average Bonchev–Trinajstić information content (AvgIpc) is 3.06. The Morgan fingerprint density at radius 2 is 1.68 bits per heavy atom. The highest BCUT2D eigenvalue weighted by Crippen LogP contribution is 2.25. The van der Waals surface area contributed by atoms with E-state index >= 15 is 0 Å². The zero-order chi connectivity index (χ0) is 15.7. The summed E-state index contributed by atoms with van der Waals surface area (Å²) in [6, 6.07) is 12.6. The van der Waals surface area contributed by atoms with Crippen LogP contribution in [0.1, 0.15) is 16.3 Å². The van der Waals surface area contributed by atoms with Gasteiger partial charge >= 0.3 is 0 Å². The van der Waals surface area contributed by atoms with E-state index in [1.807, 2.05) is 30.5 Å². The van der Waals surface area contributed by atoms with E-state index in [-0.39, 0.29) is 5.75 Å². The fourth-order valence-corrected chi connectivity index (χ4v) is 5.05. The topological polar surface area (TPSA) is 52.0 Å². The summed E-state index contributed by atoms with van der Waals surface area (Å²) in [6.07, 6.45) is 1.65. The Bertz CT molecular complexity index is 874. The van der Waals surface area contributed by atoms with Gasteiger partial charge in [-0.3, -0.25) is 4.57 Å². The molecule has 114 valence electrons. The van der Waals surface area contributed by atoms with E-state index in [4.69, 9.17) is 0 Å². The maximum Gasteiger partial charge on any atom is 0.194 e. The van der Waals surface area contributed by atoms with E-state index in [1.54, 1.807) is 36.5 Å². The van der Waals surface area contributed by atoms with Crippen LogP contribution in [0.2, 0.25) is 0 Å². The molecule has 3 aromatic rings. The van der Waals surface area contributed by atoms with Crippen LogP contribution in [0.3, 0.4) is 0 Å². The first kappa shape index (κ1) is 15.0. The Morgan fingerprint density at radius 3 is 2.32 bits per heavy atom. The molecule has 0 amide bonds. The molecular weight excluding hydrogens is 316 g/mol. The highest BCUT2D eigenvalue weighted by atomic mass is 32.2. The molecule has 2 heterocycles. The fraction of sp³-hybridized carbons (Fsp3) is 0.188. The molecule has 0 N–H and O–H groups in total. The Balaban J connectivity index is 1.90. The number of benzene rings is 1. The van der Waals surface area contributed by atoms with Gasteiger partial charge in [0.1, 0.15) is 0 Å². The molecule has 22 heavy (non-hydrogen) atoms. The largest absolute Gasteiger partial charge is 0.295 e. The van der Waals surface area contributed by atoms with E-state index in [2.05, 4.69) is 4.98 Å². The Labute approximate surface area is 134 Å². The number of hydrogen-bond acceptors (Lipinski definition) is 4. The molecule has 0 saturated carbocycles. The Hall–Kier alpha value is -1.92. The molecule has 0 saturated heterocycles. The van der Waals surface area contributed by atoms with Crippen LogP contribution in [-0.4, -0.2) is 18.0 Å². The predicted molar refractivity (Wildman–Crippen MR) is 88.2 cm³/mol. The summed E-state index contributed by atoms with van der Waals surface area (Å²) in [5.74, 6) is -0.0198. The van der Waals surface area contributed by atoms with E-state index in [1.165, 1.54) is 11.3 Å². The van der Waals surface area contributed by atoms with E-state index < -0.39 is 9.84 Å². The van der Waals surface area contributed by atoms with Gasteiger partial charge in [-0.1, -0.05) is 18.2 Å². The summed E-state index contributed by atoms with van der Waals surface area (Å²) < 4.78 is 26.8. The summed E-state index contributed by atoms with van der Waals surface area (Å²) in [4.78, 5) is 5.46. The number of hydrogen-bond donors (Lipinski definition) is 0.